The lowest BCUT2D eigenvalue weighted by atomic mass is 9.85. The van der Waals surface area contributed by atoms with Gasteiger partial charge in [0.2, 0.25) is 11.8 Å². The highest BCUT2D eigenvalue weighted by Gasteiger charge is 2.59. The minimum atomic E-state index is -0.445. The predicted molar refractivity (Wildman–Crippen MR) is 118 cm³/mol. The van der Waals surface area contributed by atoms with Gasteiger partial charge < -0.3 is 5.32 Å². The first-order valence-electron chi connectivity index (χ1n) is 9.97. The molecule has 3 aromatic rings. The number of carbonyl (C=O) groups excluding carboxylic acids is 2. The molecule has 1 aromatic heterocycles. The quantitative estimate of drug-likeness (QED) is 0.598. The van der Waals surface area contributed by atoms with Gasteiger partial charge in [-0.05, 0) is 47.9 Å². The van der Waals surface area contributed by atoms with Crippen LogP contribution < -0.4 is 10.2 Å². The van der Waals surface area contributed by atoms with Crippen LogP contribution in [0.3, 0.4) is 0 Å². The van der Waals surface area contributed by atoms with E-state index in [1.54, 1.807) is 24.5 Å². The van der Waals surface area contributed by atoms with Gasteiger partial charge in [0, 0.05) is 29.0 Å². The average Bonchev–Trinajstić information content (AvgIpc) is 3.27. The van der Waals surface area contributed by atoms with Gasteiger partial charge in [-0.15, -0.1) is 0 Å². The smallest absolute Gasteiger partial charge is 0.239 e. The lowest BCUT2D eigenvalue weighted by Crippen LogP contribution is -2.40. The number of carbonyl (C=O) groups is 2. The third-order valence-corrected chi connectivity index (χ3v) is 6.54. The van der Waals surface area contributed by atoms with Crippen LogP contribution in [0.5, 0.6) is 0 Å². The number of anilines is 1. The normalized spacial score (nSPS) is 25.6. The second-order valence-corrected chi connectivity index (χ2v) is 8.68. The van der Waals surface area contributed by atoms with Crippen LogP contribution in [0.15, 0.2) is 83.6 Å². The predicted octanol–water partition coefficient (Wildman–Crippen LogP) is 3.91. The van der Waals surface area contributed by atoms with Gasteiger partial charge in [0.1, 0.15) is 0 Å². The van der Waals surface area contributed by atoms with Crippen molar-refractivity contribution in [2.24, 2.45) is 11.8 Å². The van der Waals surface area contributed by atoms with Crippen molar-refractivity contribution in [3.63, 3.8) is 0 Å². The maximum absolute atomic E-state index is 13.5. The summed E-state index contributed by atoms with van der Waals surface area (Å²) in [7, 11) is 0. The average molecular weight is 462 g/mol. The molecule has 0 unspecified atom stereocenters. The zero-order valence-corrected chi connectivity index (χ0v) is 17.7. The summed E-state index contributed by atoms with van der Waals surface area (Å²) in [5.41, 5.74) is 2.69. The first-order chi connectivity index (χ1) is 14.6. The summed E-state index contributed by atoms with van der Waals surface area (Å²) in [6.07, 6.45) is 4.18. The van der Waals surface area contributed by atoms with E-state index in [9.17, 15) is 9.59 Å². The minimum absolute atomic E-state index is 0.125. The zero-order chi connectivity index (χ0) is 20.7. The van der Waals surface area contributed by atoms with E-state index in [1.165, 1.54) is 4.90 Å². The number of pyridine rings is 1. The molecule has 5 nitrogen and oxygen atoms in total. The van der Waals surface area contributed by atoms with Gasteiger partial charge in [0.05, 0.1) is 17.5 Å². The molecule has 30 heavy (non-hydrogen) atoms. The maximum atomic E-state index is 13.5. The van der Waals surface area contributed by atoms with Gasteiger partial charge in [-0.2, -0.15) is 0 Å². The van der Waals surface area contributed by atoms with Crippen LogP contribution in [0.1, 0.15) is 17.2 Å². The van der Waals surface area contributed by atoms with Crippen molar-refractivity contribution in [3.8, 4) is 0 Å². The number of hydrogen-bond acceptors (Lipinski definition) is 4. The Labute approximate surface area is 183 Å². The molecule has 0 aliphatic carbocycles. The number of benzene rings is 2. The van der Waals surface area contributed by atoms with E-state index in [-0.39, 0.29) is 23.9 Å². The molecule has 2 amide bonds. The molecule has 150 valence electrons. The Morgan fingerprint density at radius 3 is 2.33 bits per heavy atom. The van der Waals surface area contributed by atoms with Crippen molar-refractivity contribution in [3.05, 3.63) is 94.7 Å². The fourth-order valence-electron chi connectivity index (χ4n) is 4.69. The first-order valence-corrected chi connectivity index (χ1v) is 10.8. The maximum Gasteiger partial charge on any atom is 0.239 e. The molecular weight excluding hydrogens is 442 g/mol. The number of fused-ring (bicyclic) bond motifs is 1. The summed E-state index contributed by atoms with van der Waals surface area (Å²) < 4.78 is 0.905. The molecule has 2 saturated heterocycles. The Balaban J connectivity index is 1.53. The number of hydrogen-bond donors (Lipinski definition) is 1. The van der Waals surface area contributed by atoms with E-state index >= 15 is 0 Å². The Morgan fingerprint density at radius 1 is 0.900 bits per heavy atom. The van der Waals surface area contributed by atoms with Crippen molar-refractivity contribution in [2.75, 3.05) is 4.90 Å². The SMILES string of the molecule is O=C1[C@@H]2[C@H](C(=O)N1c1ccc(Br)cc1)[C@H](Cc1ccccc1)N[C@H]2c1cccnc1. The molecule has 5 rings (SSSR count). The summed E-state index contributed by atoms with van der Waals surface area (Å²) in [4.78, 5) is 32.6. The highest BCUT2D eigenvalue weighted by molar-refractivity contribution is 9.10. The lowest BCUT2D eigenvalue weighted by Gasteiger charge is -2.22. The molecule has 0 bridgehead atoms. The summed E-state index contributed by atoms with van der Waals surface area (Å²) in [6, 6.07) is 20.9. The van der Waals surface area contributed by atoms with Gasteiger partial charge in [0.25, 0.3) is 0 Å². The topological polar surface area (TPSA) is 62.3 Å². The highest BCUT2D eigenvalue weighted by Crippen LogP contribution is 2.45. The van der Waals surface area contributed by atoms with Crippen LogP contribution in [-0.4, -0.2) is 22.8 Å². The molecule has 3 heterocycles. The van der Waals surface area contributed by atoms with Gasteiger partial charge in [-0.25, -0.2) is 4.90 Å². The second kappa shape index (κ2) is 7.78. The van der Waals surface area contributed by atoms with E-state index in [0.29, 0.717) is 12.1 Å². The minimum Gasteiger partial charge on any atom is -0.305 e. The van der Waals surface area contributed by atoms with Crippen LogP contribution >= 0.6 is 15.9 Å². The number of nitrogens with zero attached hydrogens (tertiary/aromatic N) is 2. The van der Waals surface area contributed by atoms with E-state index < -0.39 is 11.8 Å². The third-order valence-electron chi connectivity index (χ3n) is 6.01. The van der Waals surface area contributed by atoms with Gasteiger partial charge in [-0.1, -0.05) is 52.3 Å². The molecule has 6 heteroatoms. The molecule has 2 aliphatic heterocycles. The standard InChI is InChI=1S/C24H20BrN3O2/c25-17-8-10-18(11-9-17)28-23(29)20-19(13-15-5-2-1-3-6-15)27-22(21(20)24(28)30)16-7-4-12-26-14-16/h1-12,14,19-22,27H,13H2/t19-,20+,21+,22-/m0/s1. The molecule has 2 aromatic carbocycles. The number of rotatable bonds is 4. The number of halogens is 1. The van der Waals surface area contributed by atoms with Crippen molar-refractivity contribution < 1.29 is 9.59 Å². The van der Waals surface area contributed by atoms with Crippen molar-refractivity contribution in [1.29, 1.82) is 0 Å². The monoisotopic (exact) mass is 461 g/mol. The van der Waals surface area contributed by atoms with Crippen LogP contribution in [0.2, 0.25) is 0 Å². The molecule has 0 radical (unpaired) electrons. The van der Waals surface area contributed by atoms with Crippen molar-refractivity contribution in [2.45, 2.75) is 18.5 Å². The Morgan fingerprint density at radius 2 is 1.63 bits per heavy atom. The number of amides is 2. The molecule has 4 atom stereocenters. The van der Waals surface area contributed by atoms with E-state index in [2.05, 4.69) is 38.4 Å². The molecule has 0 spiro atoms. The third kappa shape index (κ3) is 3.26. The molecule has 0 saturated carbocycles. The lowest BCUT2D eigenvalue weighted by molar-refractivity contribution is -0.123. The van der Waals surface area contributed by atoms with Crippen molar-refractivity contribution in [1.82, 2.24) is 10.3 Å². The van der Waals surface area contributed by atoms with Gasteiger partial charge in [0.15, 0.2) is 0 Å². The van der Waals surface area contributed by atoms with Crippen LogP contribution in [0.4, 0.5) is 5.69 Å². The molecule has 2 aliphatic rings. The zero-order valence-electron chi connectivity index (χ0n) is 16.1. The number of aromatic nitrogens is 1. The molecule has 2 fully saturated rings. The van der Waals surface area contributed by atoms with Gasteiger partial charge >= 0.3 is 0 Å². The fourth-order valence-corrected chi connectivity index (χ4v) is 4.95. The number of nitrogens with one attached hydrogen (secondary N) is 1. The Bertz CT molecular complexity index is 1070. The van der Waals surface area contributed by atoms with E-state index in [4.69, 9.17) is 0 Å². The van der Waals surface area contributed by atoms with Crippen LogP contribution in [-0.2, 0) is 16.0 Å². The Kier molecular flexibility index (Phi) is 4.97. The van der Waals surface area contributed by atoms with E-state index in [0.717, 1.165) is 15.6 Å². The summed E-state index contributed by atoms with van der Waals surface area (Å²) in [5, 5.41) is 3.58. The molecular formula is C24H20BrN3O2. The largest absolute Gasteiger partial charge is 0.305 e. The summed E-state index contributed by atoms with van der Waals surface area (Å²) in [6.45, 7) is 0. The van der Waals surface area contributed by atoms with Crippen molar-refractivity contribution >= 4 is 33.4 Å². The van der Waals surface area contributed by atoms with Crippen LogP contribution in [0, 0.1) is 11.8 Å². The van der Waals surface area contributed by atoms with Crippen LogP contribution in [0.25, 0.3) is 0 Å². The Hall–Kier alpha value is -2.83. The summed E-state index contributed by atoms with van der Waals surface area (Å²) in [5.74, 6) is -1.14. The fraction of sp³-hybridized carbons (Fsp3) is 0.208. The van der Waals surface area contributed by atoms with E-state index in [1.807, 2.05) is 42.5 Å². The molecule has 1 N–H and O–H groups in total. The highest BCUT2D eigenvalue weighted by atomic mass is 79.9. The first kappa shape index (κ1) is 19.2. The van der Waals surface area contributed by atoms with Gasteiger partial charge in [-0.3, -0.25) is 14.6 Å². The summed E-state index contributed by atoms with van der Waals surface area (Å²) >= 11 is 3.41. The number of imide groups is 1. The second-order valence-electron chi connectivity index (χ2n) is 7.77.